The minimum atomic E-state index is -3.89. The third kappa shape index (κ3) is 5.23. The summed E-state index contributed by atoms with van der Waals surface area (Å²) >= 11 is 0.874. The summed E-state index contributed by atoms with van der Waals surface area (Å²) < 4.78 is 49.1. The van der Waals surface area contributed by atoms with Gasteiger partial charge in [0.25, 0.3) is 0 Å². The molecule has 1 aromatic rings. The maximum absolute atomic E-state index is 13.1. The summed E-state index contributed by atoms with van der Waals surface area (Å²) in [5.41, 5.74) is 0. The van der Waals surface area contributed by atoms with E-state index in [0.717, 1.165) is 37.2 Å². The van der Waals surface area contributed by atoms with Gasteiger partial charge in [-0.2, -0.15) is 0 Å². The van der Waals surface area contributed by atoms with Crippen molar-refractivity contribution in [1.29, 1.82) is 0 Å². The van der Waals surface area contributed by atoms with Gasteiger partial charge in [0.05, 0.1) is 22.3 Å². The van der Waals surface area contributed by atoms with Gasteiger partial charge in [-0.3, -0.25) is 0 Å². The van der Waals surface area contributed by atoms with Crippen LogP contribution in [0.2, 0.25) is 0 Å². The molecule has 2 rings (SSSR count). The Hall–Kier alpha value is -1.07. The normalized spacial score (nSPS) is 19.2. The summed E-state index contributed by atoms with van der Waals surface area (Å²) in [6.45, 7) is 3.82. The maximum Gasteiger partial charge on any atom is 0.240 e. The molecule has 0 saturated carbocycles. The Labute approximate surface area is 157 Å². The quantitative estimate of drug-likeness (QED) is 0.501. The van der Waals surface area contributed by atoms with Crippen LogP contribution in [0.4, 0.5) is 4.39 Å². The summed E-state index contributed by atoms with van der Waals surface area (Å²) in [5.74, 6) is -0.512. The minimum Gasteiger partial charge on any atom is -0.380 e. The SMILES string of the molecule is CCOCC(NS(=O)(=O)c1ccc(F)cc1)C1(SN=O)CCN(C)CC1. The maximum atomic E-state index is 13.1. The zero-order chi connectivity index (χ0) is 19.2. The first-order valence-electron chi connectivity index (χ1n) is 8.38. The van der Waals surface area contributed by atoms with Gasteiger partial charge in [0.15, 0.2) is 0 Å². The molecule has 1 unspecified atom stereocenters. The summed E-state index contributed by atoms with van der Waals surface area (Å²) in [5, 5.41) is 0. The number of nitrogens with zero attached hydrogens (tertiary/aromatic N) is 2. The van der Waals surface area contributed by atoms with E-state index in [-0.39, 0.29) is 11.5 Å². The molecule has 146 valence electrons. The lowest BCUT2D eigenvalue weighted by atomic mass is 9.89. The first kappa shape index (κ1) is 21.2. The van der Waals surface area contributed by atoms with Crippen LogP contribution in [0.3, 0.4) is 0 Å². The molecule has 0 spiro atoms. The second kappa shape index (κ2) is 9.23. The molecule has 1 aliphatic heterocycles. The van der Waals surface area contributed by atoms with Crippen molar-refractivity contribution in [2.45, 2.75) is 35.4 Å². The van der Waals surface area contributed by atoms with Crippen molar-refractivity contribution < 1.29 is 17.5 Å². The molecular weight excluding hydrogens is 381 g/mol. The fourth-order valence-electron chi connectivity index (χ4n) is 2.97. The van der Waals surface area contributed by atoms with Crippen LogP contribution >= 0.6 is 11.9 Å². The number of sulfonamides is 1. The standard InChI is InChI=1S/C16H24FN3O4S2/c1-3-24-12-15(16(25-19-21)8-10-20(2)11-9-16)18-26(22,23)14-6-4-13(17)5-7-14/h4-7,15,18H,3,8-12H2,1-2H3. The van der Waals surface area contributed by atoms with Gasteiger partial charge in [0.2, 0.25) is 10.0 Å². The molecular formula is C16H24FN3O4S2. The van der Waals surface area contributed by atoms with Gasteiger partial charge in [-0.1, -0.05) is 0 Å². The number of hydrogen-bond donors (Lipinski definition) is 1. The van der Waals surface area contributed by atoms with E-state index < -0.39 is 26.6 Å². The molecule has 1 aliphatic rings. The average Bonchev–Trinajstić information content (AvgIpc) is 2.61. The molecule has 26 heavy (non-hydrogen) atoms. The van der Waals surface area contributed by atoms with Gasteiger partial charge in [-0.05, 0) is 64.2 Å². The zero-order valence-electron chi connectivity index (χ0n) is 14.9. The average molecular weight is 406 g/mol. The van der Waals surface area contributed by atoms with Gasteiger partial charge in [-0.15, -0.1) is 4.91 Å². The summed E-state index contributed by atoms with van der Waals surface area (Å²) in [6, 6.07) is 3.98. The largest absolute Gasteiger partial charge is 0.380 e. The Morgan fingerprint density at radius 1 is 1.35 bits per heavy atom. The Morgan fingerprint density at radius 3 is 2.50 bits per heavy atom. The predicted molar refractivity (Wildman–Crippen MR) is 99.9 cm³/mol. The first-order valence-corrected chi connectivity index (χ1v) is 10.6. The molecule has 7 nitrogen and oxygen atoms in total. The molecule has 1 atom stereocenters. The Kier molecular flexibility index (Phi) is 7.53. The van der Waals surface area contributed by atoms with Crippen LogP contribution in [0.5, 0.6) is 0 Å². The van der Waals surface area contributed by atoms with Crippen LogP contribution in [0.15, 0.2) is 33.7 Å². The number of hydrogen-bond acceptors (Lipinski definition) is 7. The summed E-state index contributed by atoms with van der Waals surface area (Å²) in [7, 11) is -1.92. The fourth-order valence-corrected chi connectivity index (χ4v) is 5.11. The summed E-state index contributed by atoms with van der Waals surface area (Å²) in [6.07, 6.45) is 1.20. The van der Waals surface area contributed by atoms with Crippen molar-refractivity contribution in [2.24, 2.45) is 4.58 Å². The van der Waals surface area contributed by atoms with E-state index >= 15 is 0 Å². The molecule has 10 heteroatoms. The number of rotatable bonds is 9. The van der Waals surface area contributed by atoms with E-state index in [1.165, 1.54) is 12.1 Å². The second-order valence-electron chi connectivity index (χ2n) is 6.32. The number of nitroso groups, excluding NO2 is 1. The lowest BCUT2D eigenvalue weighted by Gasteiger charge is -2.43. The highest BCUT2D eigenvalue weighted by Crippen LogP contribution is 2.40. The second-order valence-corrected chi connectivity index (χ2v) is 9.18. The van der Waals surface area contributed by atoms with E-state index in [0.29, 0.717) is 19.4 Å². The van der Waals surface area contributed by atoms with Crippen LogP contribution in [0.1, 0.15) is 19.8 Å². The van der Waals surface area contributed by atoms with Crippen molar-refractivity contribution in [3.63, 3.8) is 0 Å². The zero-order valence-corrected chi connectivity index (χ0v) is 16.5. The van der Waals surface area contributed by atoms with Crippen LogP contribution in [0.25, 0.3) is 0 Å². The third-order valence-electron chi connectivity index (χ3n) is 4.60. The molecule has 0 radical (unpaired) electrons. The monoisotopic (exact) mass is 405 g/mol. The lowest BCUT2D eigenvalue weighted by molar-refractivity contribution is 0.102. The third-order valence-corrected chi connectivity index (χ3v) is 7.22. The van der Waals surface area contributed by atoms with Gasteiger partial charge in [0.1, 0.15) is 5.82 Å². The van der Waals surface area contributed by atoms with Crippen molar-refractivity contribution in [3.05, 3.63) is 35.0 Å². The fraction of sp³-hybridized carbons (Fsp3) is 0.625. The molecule has 0 amide bonds. The number of likely N-dealkylation sites (tertiary alicyclic amines) is 1. The number of piperidine rings is 1. The van der Waals surface area contributed by atoms with E-state index in [1.54, 1.807) is 0 Å². The molecule has 0 aromatic heterocycles. The van der Waals surface area contributed by atoms with E-state index in [4.69, 9.17) is 4.74 Å². The molecule has 1 aromatic carbocycles. The smallest absolute Gasteiger partial charge is 0.240 e. The van der Waals surface area contributed by atoms with E-state index in [2.05, 4.69) is 14.2 Å². The number of benzene rings is 1. The highest BCUT2D eigenvalue weighted by molar-refractivity contribution is 7.99. The lowest BCUT2D eigenvalue weighted by Crippen LogP contribution is -2.57. The Bertz CT molecular complexity index is 692. The topological polar surface area (TPSA) is 88.1 Å². The van der Waals surface area contributed by atoms with Crippen LogP contribution < -0.4 is 4.72 Å². The molecule has 1 fully saturated rings. The van der Waals surface area contributed by atoms with Crippen LogP contribution in [0, 0.1) is 10.7 Å². The van der Waals surface area contributed by atoms with Gasteiger partial charge < -0.3 is 9.64 Å². The van der Waals surface area contributed by atoms with Crippen molar-refractivity contribution in [2.75, 3.05) is 33.4 Å². The number of halogens is 1. The molecule has 0 bridgehead atoms. The van der Waals surface area contributed by atoms with Crippen LogP contribution in [-0.4, -0.2) is 57.5 Å². The van der Waals surface area contributed by atoms with Gasteiger partial charge >= 0.3 is 0 Å². The molecule has 1 saturated heterocycles. The highest BCUT2D eigenvalue weighted by atomic mass is 32.2. The molecule has 1 N–H and O–H groups in total. The highest BCUT2D eigenvalue weighted by Gasteiger charge is 2.45. The Morgan fingerprint density at radius 2 is 1.96 bits per heavy atom. The van der Waals surface area contributed by atoms with Crippen LogP contribution in [-0.2, 0) is 14.8 Å². The Balaban J connectivity index is 2.29. The van der Waals surface area contributed by atoms with Gasteiger partial charge in [-0.25, -0.2) is 17.5 Å². The van der Waals surface area contributed by atoms with Crippen molar-refractivity contribution >= 4 is 22.0 Å². The van der Waals surface area contributed by atoms with E-state index in [1.807, 2.05) is 14.0 Å². The first-order chi connectivity index (χ1) is 12.3. The van der Waals surface area contributed by atoms with Crippen molar-refractivity contribution in [3.8, 4) is 0 Å². The molecule has 1 heterocycles. The summed E-state index contributed by atoms with van der Waals surface area (Å²) in [4.78, 5) is 13.1. The molecule has 0 aliphatic carbocycles. The van der Waals surface area contributed by atoms with E-state index in [9.17, 15) is 17.7 Å². The minimum absolute atomic E-state index is 0.0347. The van der Waals surface area contributed by atoms with Crippen molar-refractivity contribution in [1.82, 2.24) is 9.62 Å². The number of nitrogens with one attached hydrogen (secondary N) is 1. The predicted octanol–water partition coefficient (Wildman–Crippen LogP) is 2.39. The van der Waals surface area contributed by atoms with Gasteiger partial charge in [0, 0.05) is 23.1 Å². The number of ether oxygens (including phenoxy) is 1.